The Labute approximate surface area is 140 Å². The van der Waals surface area contributed by atoms with Gasteiger partial charge < -0.3 is 19.1 Å². The first kappa shape index (κ1) is 18.6. The zero-order valence-electron chi connectivity index (χ0n) is 13.9. The summed E-state index contributed by atoms with van der Waals surface area (Å²) in [5, 5.41) is 0. The average molecular weight is 374 g/mol. The van der Waals surface area contributed by atoms with E-state index in [-0.39, 0.29) is 5.91 Å². The molecule has 22 heavy (non-hydrogen) atoms. The molecule has 0 fully saturated rings. The van der Waals surface area contributed by atoms with E-state index >= 15 is 0 Å². The number of carbonyl (C=O) groups is 1. The maximum atomic E-state index is 12.8. The predicted octanol–water partition coefficient (Wildman–Crippen LogP) is 3.74. The van der Waals surface area contributed by atoms with Crippen molar-refractivity contribution in [2.75, 3.05) is 34.4 Å². The number of rotatable bonds is 8. The zero-order valence-corrected chi connectivity index (χ0v) is 15.4. The molecule has 0 aliphatic rings. The Morgan fingerprint density at radius 1 is 1.05 bits per heavy atom. The topological polar surface area (TPSA) is 48.0 Å². The maximum absolute atomic E-state index is 12.8. The van der Waals surface area contributed by atoms with Crippen molar-refractivity contribution in [3.8, 4) is 17.2 Å². The number of carbonyl (C=O) groups excluding carboxylic acids is 1. The number of hydrogen-bond donors (Lipinski definition) is 0. The summed E-state index contributed by atoms with van der Waals surface area (Å²) in [6, 6.07) is 1.69. The van der Waals surface area contributed by atoms with Crippen LogP contribution in [-0.4, -0.2) is 45.2 Å². The molecule has 0 aromatic heterocycles. The van der Waals surface area contributed by atoms with Gasteiger partial charge in [0, 0.05) is 13.1 Å². The second-order valence-corrected chi connectivity index (χ2v) is 5.59. The molecule has 124 valence electrons. The minimum absolute atomic E-state index is 0.0465. The van der Waals surface area contributed by atoms with Crippen molar-refractivity contribution in [3.63, 3.8) is 0 Å². The minimum atomic E-state index is -0.0465. The van der Waals surface area contributed by atoms with Crippen LogP contribution in [0.4, 0.5) is 0 Å². The average Bonchev–Trinajstić information content (AvgIpc) is 2.53. The molecule has 0 bridgehead atoms. The molecule has 0 radical (unpaired) electrons. The van der Waals surface area contributed by atoms with Gasteiger partial charge in [-0.25, -0.2) is 0 Å². The first-order valence-electron chi connectivity index (χ1n) is 7.33. The van der Waals surface area contributed by atoms with E-state index < -0.39 is 0 Å². The van der Waals surface area contributed by atoms with Gasteiger partial charge in [0.05, 0.1) is 31.4 Å². The number of halogens is 1. The van der Waals surface area contributed by atoms with Crippen LogP contribution in [0.2, 0.25) is 0 Å². The highest BCUT2D eigenvalue weighted by Crippen LogP contribution is 2.45. The van der Waals surface area contributed by atoms with Gasteiger partial charge in [0.2, 0.25) is 5.75 Å². The van der Waals surface area contributed by atoms with Gasteiger partial charge in [0.15, 0.2) is 11.5 Å². The highest BCUT2D eigenvalue weighted by atomic mass is 79.9. The van der Waals surface area contributed by atoms with Crippen LogP contribution in [-0.2, 0) is 0 Å². The van der Waals surface area contributed by atoms with Crippen molar-refractivity contribution in [2.24, 2.45) is 0 Å². The van der Waals surface area contributed by atoms with Crippen LogP contribution in [0, 0.1) is 0 Å². The molecule has 0 aliphatic heterocycles. The zero-order chi connectivity index (χ0) is 16.7. The van der Waals surface area contributed by atoms with Crippen molar-refractivity contribution >= 4 is 21.8 Å². The van der Waals surface area contributed by atoms with E-state index in [2.05, 4.69) is 29.8 Å². The molecule has 1 rings (SSSR count). The molecule has 5 nitrogen and oxygen atoms in total. The van der Waals surface area contributed by atoms with Crippen LogP contribution in [0.1, 0.15) is 37.0 Å². The number of ether oxygens (including phenoxy) is 3. The molecule has 0 heterocycles. The minimum Gasteiger partial charge on any atom is -0.493 e. The van der Waals surface area contributed by atoms with E-state index in [4.69, 9.17) is 14.2 Å². The van der Waals surface area contributed by atoms with Gasteiger partial charge in [-0.2, -0.15) is 0 Å². The Morgan fingerprint density at radius 2 is 1.59 bits per heavy atom. The third-order valence-corrected chi connectivity index (χ3v) is 4.06. The highest BCUT2D eigenvalue weighted by Gasteiger charge is 2.25. The molecule has 1 amide bonds. The second-order valence-electron chi connectivity index (χ2n) is 4.80. The molecule has 1 aromatic carbocycles. The van der Waals surface area contributed by atoms with Crippen molar-refractivity contribution in [3.05, 3.63) is 16.1 Å². The molecule has 0 aliphatic carbocycles. The van der Waals surface area contributed by atoms with Crippen molar-refractivity contribution in [1.29, 1.82) is 0 Å². The van der Waals surface area contributed by atoms with Crippen molar-refractivity contribution in [1.82, 2.24) is 4.90 Å². The fraction of sp³-hybridized carbons (Fsp3) is 0.562. The van der Waals surface area contributed by atoms with Crippen LogP contribution >= 0.6 is 15.9 Å². The van der Waals surface area contributed by atoms with Gasteiger partial charge in [0.1, 0.15) is 0 Å². The Morgan fingerprint density at radius 3 is 2.00 bits per heavy atom. The molecule has 0 spiro atoms. The molecule has 1 aromatic rings. The van der Waals surface area contributed by atoms with Crippen LogP contribution < -0.4 is 14.2 Å². The summed E-state index contributed by atoms with van der Waals surface area (Å²) in [5.41, 5.74) is 0.511. The number of nitrogens with zero attached hydrogens (tertiary/aromatic N) is 1. The van der Waals surface area contributed by atoms with E-state index in [9.17, 15) is 4.79 Å². The lowest BCUT2D eigenvalue weighted by Crippen LogP contribution is -2.32. The summed E-state index contributed by atoms with van der Waals surface area (Å²) in [6.45, 7) is 5.55. The van der Waals surface area contributed by atoms with Gasteiger partial charge in [-0.1, -0.05) is 13.8 Å². The van der Waals surface area contributed by atoms with E-state index in [1.165, 1.54) is 21.3 Å². The number of methoxy groups -OCH3 is 3. The molecular weight excluding hydrogens is 350 g/mol. The first-order chi connectivity index (χ1) is 10.5. The molecule has 0 unspecified atom stereocenters. The van der Waals surface area contributed by atoms with Crippen LogP contribution in [0.3, 0.4) is 0 Å². The third-order valence-electron chi connectivity index (χ3n) is 3.27. The van der Waals surface area contributed by atoms with Crippen LogP contribution in [0.15, 0.2) is 10.5 Å². The van der Waals surface area contributed by atoms with Gasteiger partial charge in [-0.15, -0.1) is 0 Å². The van der Waals surface area contributed by atoms with Gasteiger partial charge >= 0.3 is 0 Å². The van der Waals surface area contributed by atoms with Gasteiger partial charge in [0.25, 0.3) is 5.91 Å². The number of amides is 1. The fourth-order valence-corrected chi connectivity index (χ4v) is 2.93. The first-order valence-corrected chi connectivity index (χ1v) is 8.12. The second kappa shape index (κ2) is 8.88. The molecule has 0 saturated carbocycles. The van der Waals surface area contributed by atoms with Crippen molar-refractivity contribution < 1.29 is 19.0 Å². The van der Waals surface area contributed by atoms with E-state index in [0.29, 0.717) is 27.3 Å². The Bertz CT molecular complexity index is 513. The normalized spacial score (nSPS) is 10.3. The van der Waals surface area contributed by atoms with Crippen LogP contribution in [0.25, 0.3) is 0 Å². The maximum Gasteiger partial charge on any atom is 0.255 e. The lowest BCUT2D eigenvalue weighted by molar-refractivity contribution is 0.0753. The molecular formula is C16H24BrNO4. The number of hydrogen-bond acceptors (Lipinski definition) is 4. The lowest BCUT2D eigenvalue weighted by atomic mass is 10.1. The smallest absolute Gasteiger partial charge is 0.255 e. The highest BCUT2D eigenvalue weighted by molar-refractivity contribution is 9.10. The van der Waals surface area contributed by atoms with Crippen molar-refractivity contribution in [2.45, 2.75) is 26.7 Å². The number of benzene rings is 1. The largest absolute Gasteiger partial charge is 0.493 e. The molecule has 0 saturated heterocycles. The summed E-state index contributed by atoms with van der Waals surface area (Å²) in [6.07, 6.45) is 1.82. The van der Waals surface area contributed by atoms with Gasteiger partial charge in [-0.3, -0.25) is 4.79 Å². The summed E-state index contributed by atoms with van der Waals surface area (Å²) < 4.78 is 16.6. The Balaban J connectivity index is 3.36. The Hall–Kier alpha value is -1.43. The van der Waals surface area contributed by atoms with E-state index in [0.717, 1.165) is 25.9 Å². The third kappa shape index (κ3) is 3.85. The Kier molecular flexibility index (Phi) is 7.51. The quantitative estimate of drug-likeness (QED) is 0.696. The SMILES string of the molecule is CCCN(CCC)C(=O)c1cc(OC)c(OC)c(OC)c1Br. The standard InChI is InChI=1S/C16H24BrNO4/c1-6-8-18(9-7-2)16(19)11-10-12(20-3)14(21-4)15(22-5)13(11)17/h10H,6-9H2,1-5H3. The molecule has 0 atom stereocenters. The summed E-state index contributed by atoms with van der Waals surface area (Å²) in [7, 11) is 4.61. The molecule has 0 N–H and O–H groups in total. The summed E-state index contributed by atoms with van der Waals surface area (Å²) in [4.78, 5) is 14.7. The van der Waals surface area contributed by atoms with Crippen LogP contribution in [0.5, 0.6) is 17.2 Å². The lowest BCUT2D eigenvalue weighted by Gasteiger charge is -2.23. The molecule has 6 heteroatoms. The predicted molar refractivity (Wildman–Crippen MR) is 90.3 cm³/mol. The van der Waals surface area contributed by atoms with E-state index in [1.807, 2.05) is 4.90 Å². The van der Waals surface area contributed by atoms with Gasteiger partial charge in [-0.05, 0) is 34.8 Å². The fourth-order valence-electron chi connectivity index (χ4n) is 2.30. The summed E-state index contributed by atoms with van der Waals surface area (Å²) >= 11 is 3.46. The summed E-state index contributed by atoms with van der Waals surface area (Å²) in [5.74, 6) is 1.35. The monoisotopic (exact) mass is 373 g/mol. The van der Waals surface area contributed by atoms with E-state index in [1.54, 1.807) is 6.07 Å².